The molecule has 0 radical (unpaired) electrons. The van der Waals surface area contributed by atoms with Crippen molar-refractivity contribution >= 4 is 97.3 Å². The first-order chi connectivity index (χ1) is 44.7. The molecule has 94 heavy (non-hydrogen) atoms. The third-order valence-corrected chi connectivity index (χ3v) is 22.6. The Kier molecular flexibility index (Phi) is 19.6. The standard InChI is InChI=1S/C28H28N5O13P3.C24H27N6O12P3/c29-26-23-27(31-15-30-26)33(16-32-23)28-25-24(42-22(43-25)12-17-6-2-1-3-7-17)21(41-28)14-40-47(34,35)45-49(38,39)46-48(36,37)44-20-11-10-18-8-4-5-9-19(18)13-20;25-22-19-23(27-13-26-22)30(14-28-19)24-21-20(39-18(40-21)11-15-7-3-1-4-8-15)17(38-24)12-37-44(33,34)42-45(35,36)41-43(31,32)29-16-9-5-2-6-10-16/h1-11,13,15-16,21-22,24-25,28H,12,14H2,(H,34,35)(H,36,37)(H,38,39)(H2,29,30,31);1-10,13-14,17-18,20-21,24H,11-12H2,(H,33,34)(H,35,36)(H2,25,26,27)(H2,29,31,32)/p-6/t21-,22?,24+,25?,28-;17-,18?,20+,21?,24-/m11/s1. The second-order valence-corrected chi connectivity index (χ2v) is 29.7. The molecule has 4 aliphatic rings. The van der Waals surface area contributed by atoms with Crippen molar-refractivity contribution in [2.75, 3.05) is 29.8 Å². The number of nitrogens with one attached hydrogen (secondary N) is 1. The van der Waals surface area contributed by atoms with Gasteiger partial charge in [-0.1, -0.05) is 109 Å². The highest BCUT2D eigenvalue weighted by molar-refractivity contribution is 7.67. The summed E-state index contributed by atoms with van der Waals surface area (Å²) in [5.74, 6) is -0.0537. The van der Waals surface area contributed by atoms with Crippen molar-refractivity contribution in [3.8, 4) is 5.75 Å². The molecule has 0 aliphatic carbocycles. The molecule has 0 bridgehead atoms. The molecule has 13 rings (SSSR count). The van der Waals surface area contributed by atoms with Crippen LogP contribution in [0.2, 0.25) is 0 Å². The van der Waals surface area contributed by atoms with Gasteiger partial charge in [0.25, 0.3) is 31.3 Å². The van der Waals surface area contributed by atoms with Gasteiger partial charge < -0.3 is 87.9 Å². The van der Waals surface area contributed by atoms with Crippen molar-refractivity contribution in [2.45, 2.75) is 74.5 Å². The molecule has 498 valence electrons. The van der Waals surface area contributed by atoms with Gasteiger partial charge in [-0.3, -0.25) is 40.8 Å². The van der Waals surface area contributed by atoms with Crippen LogP contribution in [0.25, 0.3) is 33.1 Å². The van der Waals surface area contributed by atoms with E-state index >= 15 is 0 Å². The maximum Gasteiger partial charge on any atom is 0.326 e. The summed E-state index contributed by atoms with van der Waals surface area (Å²) in [7, 11) is -34.8. The van der Waals surface area contributed by atoms with Crippen LogP contribution in [0.3, 0.4) is 0 Å². The highest BCUT2D eigenvalue weighted by Gasteiger charge is 2.56. The number of benzene rings is 5. The Balaban J connectivity index is 0.000000181. The first-order valence-electron chi connectivity index (χ1n) is 27.6. The van der Waals surface area contributed by atoms with Crippen LogP contribution >= 0.6 is 46.9 Å². The number of phosphoric acid groups is 5. The summed E-state index contributed by atoms with van der Waals surface area (Å²) >= 11 is 0. The Morgan fingerprint density at radius 3 is 1.37 bits per heavy atom. The van der Waals surface area contributed by atoms with E-state index in [0.717, 1.165) is 16.5 Å². The zero-order chi connectivity index (χ0) is 66.2. The van der Waals surface area contributed by atoms with Gasteiger partial charge in [0, 0.05) is 18.5 Å². The SMILES string of the molecule is Nc1ncnc2c1ncn2[C@@H]1O[C@H](COP(=O)([O-])OP(=O)([O-])OP(=O)([O-])Nc2ccccc2)[C@@H]2OC(Cc3ccccc3)OC21.Nc1ncnc2c1ncn2[C@@H]1O[C@H](COP(=O)([O-])OP(=O)([O-])OP(=O)([O-])Oc2ccc3ccccc3c2)[C@@H]2OC(Cc3ccccc3)OC21. The second-order valence-electron chi connectivity index (χ2n) is 20.7. The molecule has 10 unspecified atom stereocenters. The molecule has 9 aromatic rings. The molecule has 5 aromatic carbocycles. The van der Waals surface area contributed by atoms with Gasteiger partial charge in [0.1, 0.15) is 66.1 Å². The van der Waals surface area contributed by atoms with Crippen molar-refractivity contribution in [1.82, 2.24) is 39.0 Å². The first kappa shape index (κ1) is 67.3. The lowest BCUT2D eigenvalue weighted by Gasteiger charge is -2.35. The Hall–Kier alpha value is -6.68. The number of fused-ring (bicyclic) bond motifs is 5. The minimum Gasteiger partial charge on any atom is -0.761 e. The Labute approximate surface area is 530 Å². The fourth-order valence-electron chi connectivity index (χ4n) is 10.4. The van der Waals surface area contributed by atoms with E-state index in [1.165, 1.54) is 76.9 Å². The summed E-state index contributed by atoms with van der Waals surface area (Å²) in [6.45, 7) is -1.63. The minimum atomic E-state index is -6.12. The van der Waals surface area contributed by atoms with E-state index in [1.54, 1.807) is 30.3 Å². The van der Waals surface area contributed by atoms with E-state index in [2.05, 4.69) is 47.1 Å². The maximum absolute atomic E-state index is 12.6. The molecule has 8 heterocycles. The van der Waals surface area contributed by atoms with Gasteiger partial charge in [0.05, 0.1) is 25.9 Å². The summed E-state index contributed by atoms with van der Waals surface area (Å²) in [5.41, 5.74) is 14.8. The molecule has 0 saturated carbocycles. The molecule has 4 saturated heterocycles. The number of aromatic nitrogens is 8. The zero-order valence-corrected chi connectivity index (χ0v) is 53.1. The van der Waals surface area contributed by atoms with Crippen molar-refractivity contribution in [3.63, 3.8) is 0 Å². The number of hydrogen-bond acceptors (Lipinski definition) is 33. The fourth-order valence-corrected chi connectivity index (χ4v) is 17.3. The summed E-state index contributed by atoms with van der Waals surface area (Å²) < 4.78 is 144. The van der Waals surface area contributed by atoms with Crippen molar-refractivity contribution in [2.24, 2.45) is 0 Å². The van der Waals surface area contributed by atoms with Crippen LogP contribution < -0.4 is 50.4 Å². The Morgan fingerprint density at radius 2 is 0.883 bits per heavy atom. The number of para-hydroxylation sites is 1. The molecular formula is C52H49N11O25P6-6. The monoisotopic (exact) mass is 1410 g/mol. The van der Waals surface area contributed by atoms with Gasteiger partial charge in [-0.2, -0.15) is 0 Å². The molecule has 0 spiro atoms. The number of rotatable bonds is 24. The van der Waals surface area contributed by atoms with Gasteiger partial charge in [0.2, 0.25) is 7.75 Å². The van der Waals surface area contributed by atoms with Gasteiger partial charge in [0.15, 0.2) is 48.0 Å². The number of nitrogens with two attached hydrogens (primary N) is 2. The predicted octanol–water partition coefficient (Wildman–Crippen LogP) is 3.57. The molecular weight excluding hydrogens is 1360 g/mol. The van der Waals surface area contributed by atoms with Crippen molar-refractivity contribution in [1.29, 1.82) is 0 Å². The highest BCUT2D eigenvalue weighted by atomic mass is 31.3. The predicted molar refractivity (Wildman–Crippen MR) is 311 cm³/mol. The average Bonchev–Trinajstić information content (AvgIpc) is 1.60. The Morgan fingerprint density at radius 1 is 0.457 bits per heavy atom. The lowest BCUT2D eigenvalue weighted by molar-refractivity contribution is -0.252. The van der Waals surface area contributed by atoms with Crippen LogP contribution in [0, 0.1) is 0 Å². The summed E-state index contributed by atoms with van der Waals surface area (Å²) in [5, 5.41) is 3.17. The van der Waals surface area contributed by atoms with Gasteiger partial charge in [-0.25, -0.2) is 42.8 Å². The number of ether oxygens (including phenoxy) is 6. The summed E-state index contributed by atoms with van der Waals surface area (Å²) in [6, 6.07) is 36.7. The van der Waals surface area contributed by atoms with Crippen molar-refractivity contribution in [3.05, 3.63) is 170 Å². The molecule has 4 aliphatic heterocycles. The number of phosphoric ester groups is 3. The van der Waals surface area contributed by atoms with Crippen LogP contribution in [0.1, 0.15) is 23.6 Å². The fraction of sp³-hybridized carbons (Fsp3) is 0.269. The first-order valence-corrected chi connectivity index (χ1v) is 36.5. The third-order valence-electron chi connectivity index (χ3n) is 14.2. The largest absolute Gasteiger partial charge is 0.761 e. The van der Waals surface area contributed by atoms with E-state index in [1.807, 2.05) is 65.8 Å². The lowest BCUT2D eigenvalue weighted by Crippen LogP contribution is -2.32. The van der Waals surface area contributed by atoms with E-state index < -0.39 is 122 Å². The molecule has 36 nitrogen and oxygen atoms in total. The smallest absolute Gasteiger partial charge is 0.326 e. The van der Waals surface area contributed by atoms with Crippen LogP contribution in [0.15, 0.2) is 159 Å². The normalized spacial score (nSPS) is 26.4. The third kappa shape index (κ3) is 16.2. The Bertz CT molecular complexity index is 4500. The second kappa shape index (κ2) is 27.4. The molecule has 4 aromatic heterocycles. The lowest BCUT2D eigenvalue weighted by atomic mass is 10.1. The van der Waals surface area contributed by atoms with Gasteiger partial charge >= 0.3 is 7.82 Å². The minimum absolute atomic E-state index is 0.0379. The van der Waals surface area contributed by atoms with Gasteiger partial charge in [-0.05, 0) is 46.2 Å². The van der Waals surface area contributed by atoms with E-state index in [4.69, 9.17) is 53.5 Å². The quantitative estimate of drug-likeness (QED) is 0.0728. The summed E-state index contributed by atoms with van der Waals surface area (Å²) in [6.07, 6.45) is -3.36. The number of nitrogens with zero attached hydrogens (tertiary/aromatic N) is 8. The van der Waals surface area contributed by atoms with Crippen LogP contribution in [-0.2, 0) is 94.9 Å². The van der Waals surface area contributed by atoms with E-state index in [-0.39, 0.29) is 34.1 Å². The van der Waals surface area contributed by atoms with Gasteiger partial charge in [-0.15, -0.1) is 0 Å². The molecule has 42 heteroatoms. The molecule has 16 atom stereocenters. The van der Waals surface area contributed by atoms with E-state index in [0.29, 0.717) is 29.5 Å². The topological polar surface area (TPSA) is 512 Å². The van der Waals surface area contributed by atoms with Crippen LogP contribution in [0.5, 0.6) is 5.75 Å². The number of imidazole rings is 2. The van der Waals surface area contributed by atoms with Crippen molar-refractivity contribution < 1.29 is 116 Å². The number of hydrogen-bond donors (Lipinski definition) is 3. The van der Waals surface area contributed by atoms with Crippen LogP contribution in [-0.4, -0.2) is 101 Å². The molecule has 4 fully saturated rings. The highest BCUT2D eigenvalue weighted by Crippen LogP contribution is 2.64. The zero-order valence-electron chi connectivity index (χ0n) is 47.7. The van der Waals surface area contributed by atoms with E-state index in [9.17, 15) is 56.8 Å². The van der Waals surface area contributed by atoms with Crippen LogP contribution in [0.4, 0.5) is 17.3 Å². The average molecular weight is 1410 g/mol. The maximum atomic E-state index is 12.6. The number of anilines is 3. The number of nitrogen functional groups attached to an aromatic ring is 2. The summed E-state index contributed by atoms with van der Waals surface area (Å²) in [4.78, 5) is 99.0. The molecule has 0 amide bonds. The molecule has 5 N–H and O–H groups in total.